The standard InChI is InChI=1S/C10H24N2O3S/c1-2-3-4-5-6-7-8-9-10(11,12)16(13,14)15/h2-9,11-12H2,1H3,(H,13,14,15). The van der Waals surface area contributed by atoms with E-state index < -0.39 is 15.1 Å². The predicted octanol–water partition coefficient (Wildman–Crippen LogP) is 1.59. The molecule has 5 N–H and O–H groups in total. The van der Waals surface area contributed by atoms with Crippen LogP contribution < -0.4 is 11.5 Å². The van der Waals surface area contributed by atoms with Crippen molar-refractivity contribution in [2.75, 3.05) is 0 Å². The molecule has 5 nitrogen and oxygen atoms in total. The molecule has 98 valence electrons. The third-order valence-electron chi connectivity index (χ3n) is 2.65. The molecule has 0 unspecified atom stereocenters. The van der Waals surface area contributed by atoms with Crippen molar-refractivity contribution in [1.82, 2.24) is 0 Å². The van der Waals surface area contributed by atoms with Gasteiger partial charge in [0, 0.05) is 0 Å². The largest absolute Gasteiger partial charge is 0.299 e. The molecule has 0 rings (SSSR count). The molecule has 0 atom stereocenters. The van der Waals surface area contributed by atoms with Crippen LogP contribution in [0.25, 0.3) is 0 Å². The molecule has 0 aromatic carbocycles. The number of hydrogen-bond acceptors (Lipinski definition) is 4. The number of nitrogens with two attached hydrogens (primary N) is 2. The molecule has 6 heteroatoms. The van der Waals surface area contributed by atoms with E-state index in [1.54, 1.807) is 0 Å². The molecule has 0 radical (unpaired) electrons. The van der Waals surface area contributed by atoms with Gasteiger partial charge in [-0.15, -0.1) is 0 Å². The van der Waals surface area contributed by atoms with Gasteiger partial charge in [-0.05, 0) is 12.8 Å². The summed E-state index contributed by atoms with van der Waals surface area (Å²) < 4.78 is 30.3. The van der Waals surface area contributed by atoms with Crippen molar-refractivity contribution in [3.05, 3.63) is 0 Å². The highest BCUT2D eigenvalue weighted by Gasteiger charge is 2.33. The quantitative estimate of drug-likeness (QED) is 0.328. The summed E-state index contributed by atoms with van der Waals surface area (Å²) in [6.45, 7) is 2.16. The Labute approximate surface area is 98.3 Å². The number of rotatable bonds is 9. The van der Waals surface area contributed by atoms with Crippen LogP contribution in [0.2, 0.25) is 0 Å². The fourth-order valence-electron chi connectivity index (χ4n) is 1.49. The molecule has 0 aromatic heterocycles. The van der Waals surface area contributed by atoms with Crippen molar-refractivity contribution in [1.29, 1.82) is 0 Å². The second kappa shape index (κ2) is 7.21. The van der Waals surface area contributed by atoms with Crippen LogP contribution in [0.5, 0.6) is 0 Å². The fraction of sp³-hybridized carbons (Fsp3) is 1.00. The minimum atomic E-state index is -4.35. The van der Waals surface area contributed by atoms with Gasteiger partial charge in [-0.1, -0.05) is 45.4 Å². The van der Waals surface area contributed by atoms with Gasteiger partial charge in [-0.25, -0.2) is 0 Å². The van der Waals surface area contributed by atoms with Crippen molar-refractivity contribution in [2.45, 2.75) is 63.3 Å². The average Bonchev–Trinajstić information content (AvgIpc) is 2.14. The average molecular weight is 252 g/mol. The molecule has 0 spiro atoms. The normalized spacial score (nSPS) is 13.0. The smallest absolute Gasteiger partial charge is 0.297 e. The summed E-state index contributed by atoms with van der Waals surface area (Å²) in [5, 5.41) is 0. The number of unbranched alkanes of at least 4 members (excludes halogenated alkanes) is 6. The van der Waals surface area contributed by atoms with Gasteiger partial charge in [0.15, 0.2) is 4.99 Å². The first-order valence-electron chi connectivity index (χ1n) is 5.86. The lowest BCUT2D eigenvalue weighted by Gasteiger charge is -2.20. The van der Waals surface area contributed by atoms with Crippen LogP contribution in [0, 0.1) is 0 Å². The van der Waals surface area contributed by atoms with E-state index in [0.29, 0.717) is 6.42 Å². The maximum absolute atomic E-state index is 10.8. The lowest BCUT2D eigenvalue weighted by molar-refractivity contribution is 0.404. The molecule has 0 heterocycles. The summed E-state index contributed by atoms with van der Waals surface area (Å²) in [6.07, 6.45) is 7.49. The van der Waals surface area contributed by atoms with E-state index in [2.05, 4.69) is 6.92 Å². The van der Waals surface area contributed by atoms with Crippen LogP contribution in [0.3, 0.4) is 0 Å². The maximum Gasteiger partial charge on any atom is 0.297 e. The van der Waals surface area contributed by atoms with Crippen LogP contribution in [0.15, 0.2) is 0 Å². The van der Waals surface area contributed by atoms with E-state index in [1.165, 1.54) is 19.3 Å². The summed E-state index contributed by atoms with van der Waals surface area (Å²) in [5.41, 5.74) is 10.6. The zero-order valence-corrected chi connectivity index (χ0v) is 10.8. The molecule has 0 aromatic rings. The Bertz CT molecular complexity index is 276. The van der Waals surface area contributed by atoms with Gasteiger partial charge in [-0.3, -0.25) is 16.0 Å². The summed E-state index contributed by atoms with van der Waals surface area (Å²) >= 11 is 0. The molecule has 16 heavy (non-hydrogen) atoms. The Kier molecular flexibility index (Phi) is 7.14. The number of hydrogen-bond donors (Lipinski definition) is 3. The summed E-state index contributed by atoms with van der Waals surface area (Å²) in [4.78, 5) is -1.99. The molecule has 0 saturated heterocycles. The van der Waals surface area contributed by atoms with Gasteiger partial charge >= 0.3 is 0 Å². The van der Waals surface area contributed by atoms with Gasteiger partial charge in [-0.2, -0.15) is 8.42 Å². The highest BCUT2D eigenvalue weighted by Crippen LogP contribution is 2.14. The van der Waals surface area contributed by atoms with Gasteiger partial charge in [0.1, 0.15) is 0 Å². The minimum absolute atomic E-state index is 0.0968. The molecule has 0 aliphatic rings. The topological polar surface area (TPSA) is 106 Å². The van der Waals surface area contributed by atoms with Crippen LogP contribution in [-0.2, 0) is 10.1 Å². The highest BCUT2D eigenvalue weighted by atomic mass is 32.2. The van der Waals surface area contributed by atoms with Gasteiger partial charge in [0.05, 0.1) is 0 Å². The second-order valence-corrected chi connectivity index (χ2v) is 6.01. The Morgan fingerprint density at radius 2 is 1.44 bits per heavy atom. The van der Waals surface area contributed by atoms with Gasteiger partial charge < -0.3 is 0 Å². The van der Waals surface area contributed by atoms with E-state index >= 15 is 0 Å². The molecule has 0 aliphatic carbocycles. The summed E-state index contributed by atoms with van der Waals surface area (Å²) in [6, 6.07) is 0. The van der Waals surface area contributed by atoms with Crippen LogP contribution in [-0.4, -0.2) is 18.0 Å². The molecule has 0 fully saturated rings. The van der Waals surface area contributed by atoms with Gasteiger partial charge in [0.25, 0.3) is 10.1 Å². The van der Waals surface area contributed by atoms with Crippen molar-refractivity contribution in [2.24, 2.45) is 11.5 Å². The maximum atomic E-state index is 10.8. The lowest BCUT2D eigenvalue weighted by atomic mass is 10.1. The second-order valence-electron chi connectivity index (χ2n) is 4.30. The van der Waals surface area contributed by atoms with Crippen molar-refractivity contribution >= 4 is 10.1 Å². The Hall–Kier alpha value is -0.170. The molecule has 0 bridgehead atoms. The molecule has 0 saturated carbocycles. The van der Waals surface area contributed by atoms with E-state index in [9.17, 15) is 8.42 Å². The summed E-state index contributed by atoms with van der Waals surface area (Å²) in [7, 11) is -4.35. The minimum Gasteiger partial charge on any atom is -0.299 e. The van der Waals surface area contributed by atoms with Crippen LogP contribution >= 0.6 is 0 Å². The van der Waals surface area contributed by atoms with Crippen molar-refractivity contribution in [3.8, 4) is 0 Å². The zero-order valence-electron chi connectivity index (χ0n) is 9.98. The highest BCUT2D eigenvalue weighted by molar-refractivity contribution is 7.87. The van der Waals surface area contributed by atoms with Gasteiger partial charge in [0.2, 0.25) is 0 Å². The molecular weight excluding hydrogens is 228 g/mol. The van der Waals surface area contributed by atoms with E-state index in [0.717, 1.165) is 19.3 Å². The van der Waals surface area contributed by atoms with E-state index in [-0.39, 0.29) is 6.42 Å². The Morgan fingerprint density at radius 3 is 1.88 bits per heavy atom. The third-order valence-corrected chi connectivity index (χ3v) is 3.82. The van der Waals surface area contributed by atoms with E-state index in [4.69, 9.17) is 16.0 Å². The van der Waals surface area contributed by atoms with Crippen LogP contribution in [0.4, 0.5) is 0 Å². The first-order chi connectivity index (χ1) is 7.31. The third kappa shape index (κ3) is 6.42. The fourth-order valence-corrected chi connectivity index (χ4v) is 1.89. The first kappa shape index (κ1) is 15.8. The lowest BCUT2D eigenvalue weighted by Crippen LogP contribution is -2.55. The van der Waals surface area contributed by atoms with Crippen LogP contribution in [0.1, 0.15) is 58.3 Å². The van der Waals surface area contributed by atoms with Crippen molar-refractivity contribution in [3.63, 3.8) is 0 Å². The van der Waals surface area contributed by atoms with Crippen molar-refractivity contribution < 1.29 is 13.0 Å². The first-order valence-corrected chi connectivity index (χ1v) is 7.30. The Morgan fingerprint density at radius 1 is 1.00 bits per heavy atom. The van der Waals surface area contributed by atoms with E-state index in [1.807, 2.05) is 0 Å². The molecule has 0 aliphatic heterocycles. The SMILES string of the molecule is CCCCCCCCCC(N)(N)S(=O)(=O)O. The zero-order chi connectivity index (χ0) is 12.7. The molecule has 0 amide bonds. The Balaban J connectivity index is 3.59. The summed E-state index contributed by atoms with van der Waals surface area (Å²) in [5.74, 6) is 0. The molecular formula is C10H24N2O3S. The monoisotopic (exact) mass is 252 g/mol. The predicted molar refractivity (Wildman–Crippen MR) is 65.3 cm³/mol.